The first-order chi connectivity index (χ1) is 8.66. The van der Waals surface area contributed by atoms with Gasteiger partial charge in [0.1, 0.15) is 0 Å². The van der Waals surface area contributed by atoms with Crippen molar-refractivity contribution in [1.29, 1.82) is 0 Å². The lowest BCUT2D eigenvalue weighted by atomic mass is 10.2. The van der Waals surface area contributed by atoms with Crippen molar-refractivity contribution in [3.05, 3.63) is 27.9 Å². The summed E-state index contributed by atoms with van der Waals surface area (Å²) in [5.74, 6) is 0. The molecule has 100 valence electrons. The largest absolute Gasteiger partial charge is 0.377 e. The van der Waals surface area contributed by atoms with E-state index in [1.165, 1.54) is 0 Å². The van der Waals surface area contributed by atoms with Crippen LogP contribution >= 0.6 is 0 Å². The highest BCUT2D eigenvalue weighted by Crippen LogP contribution is 2.10. The van der Waals surface area contributed by atoms with Crippen LogP contribution in [0.5, 0.6) is 0 Å². The molecule has 0 bridgehead atoms. The van der Waals surface area contributed by atoms with Crippen LogP contribution in [-0.2, 0) is 11.3 Å². The predicted molar refractivity (Wildman–Crippen MR) is 69.8 cm³/mol. The Morgan fingerprint density at radius 2 is 2.39 bits per heavy atom. The molecular formula is C13H21N3O2. The Labute approximate surface area is 107 Å². The van der Waals surface area contributed by atoms with Gasteiger partial charge >= 0.3 is 5.69 Å². The SMILES string of the molecule is Cc1cc(C)n(CCNCC2CCCO2)c(=O)n1. The highest BCUT2D eigenvalue weighted by Gasteiger charge is 2.14. The summed E-state index contributed by atoms with van der Waals surface area (Å²) in [6, 6.07) is 1.93. The zero-order valence-corrected chi connectivity index (χ0v) is 11.1. The van der Waals surface area contributed by atoms with Crippen molar-refractivity contribution in [2.24, 2.45) is 0 Å². The van der Waals surface area contributed by atoms with Crippen molar-refractivity contribution < 1.29 is 4.74 Å². The number of hydrogen-bond acceptors (Lipinski definition) is 4. The lowest BCUT2D eigenvalue weighted by Crippen LogP contribution is -2.33. The summed E-state index contributed by atoms with van der Waals surface area (Å²) >= 11 is 0. The van der Waals surface area contributed by atoms with Gasteiger partial charge in [0.25, 0.3) is 0 Å². The van der Waals surface area contributed by atoms with Crippen LogP contribution in [0, 0.1) is 13.8 Å². The third-order valence-electron chi connectivity index (χ3n) is 3.25. The Kier molecular flexibility index (Phi) is 4.49. The van der Waals surface area contributed by atoms with Gasteiger partial charge in [0.05, 0.1) is 6.10 Å². The number of ether oxygens (including phenoxy) is 1. The summed E-state index contributed by atoms with van der Waals surface area (Å²) in [6.45, 7) is 6.96. The summed E-state index contributed by atoms with van der Waals surface area (Å²) in [4.78, 5) is 15.7. The maximum atomic E-state index is 11.7. The first kappa shape index (κ1) is 13.2. The van der Waals surface area contributed by atoms with E-state index in [2.05, 4.69) is 10.3 Å². The van der Waals surface area contributed by atoms with E-state index in [4.69, 9.17) is 4.74 Å². The third-order valence-corrected chi connectivity index (χ3v) is 3.25. The van der Waals surface area contributed by atoms with Crippen LogP contribution in [0.2, 0.25) is 0 Å². The van der Waals surface area contributed by atoms with Crippen LogP contribution < -0.4 is 11.0 Å². The van der Waals surface area contributed by atoms with E-state index < -0.39 is 0 Å². The van der Waals surface area contributed by atoms with Crippen molar-refractivity contribution in [1.82, 2.24) is 14.9 Å². The van der Waals surface area contributed by atoms with Crippen molar-refractivity contribution >= 4 is 0 Å². The van der Waals surface area contributed by atoms with Gasteiger partial charge in [-0.3, -0.25) is 4.57 Å². The normalized spacial score (nSPS) is 19.3. The van der Waals surface area contributed by atoms with Gasteiger partial charge in [0, 0.05) is 37.6 Å². The molecule has 0 aliphatic carbocycles. The molecule has 0 spiro atoms. The van der Waals surface area contributed by atoms with Gasteiger partial charge in [0.2, 0.25) is 0 Å². The van der Waals surface area contributed by atoms with Gasteiger partial charge in [-0.25, -0.2) is 4.79 Å². The van der Waals surface area contributed by atoms with Gasteiger partial charge in [-0.1, -0.05) is 0 Å². The van der Waals surface area contributed by atoms with E-state index in [1.54, 1.807) is 4.57 Å². The molecule has 5 heteroatoms. The number of nitrogens with one attached hydrogen (secondary N) is 1. The second-order valence-electron chi connectivity index (χ2n) is 4.81. The molecule has 5 nitrogen and oxygen atoms in total. The molecule has 1 saturated heterocycles. The minimum absolute atomic E-state index is 0.161. The quantitative estimate of drug-likeness (QED) is 0.780. The molecule has 0 radical (unpaired) electrons. The van der Waals surface area contributed by atoms with Crippen LogP contribution in [0.25, 0.3) is 0 Å². The Balaban J connectivity index is 1.81. The van der Waals surface area contributed by atoms with Gasteiger partial charge in [-0.05, 0) is 32.8 Å². The molecule has 0 amide bonds. The molecule has 1 fully saturated rings. The summed E-state index contributed by atoms with van der Waals surface area (Å²) in [6.07, 6.45) is 2.64. The topological polar surface area (TPSA) is 56.2 Å². The summed E-state index contributed by atoms with van der Waals surface area (Å²) in [5, 5.41) is 3.33. The van der Waals surface area contributed by atoms with Crippen molar-refractivity contribution in [2.75, 3.05) is 19.7 Å². The maximum absolute atomic E-state index is 11.7. The molecule has 2 rings (SSSR count). The third kappa shape index (κ3) is 3.40. The summed E-state index contributed by atoms with van der Waals surface area (Å²) in [7, 11) is 0. The van der Waals surface area contributed by atoms with Gasteiger partial charge in [-0.15, -0.1) is 0 Å². The Hall–Kier alpha value is -1.20. The Bertz CT molecular complexity index is 450. The smallest absolute Gasteiger partial charge is 0.347 e. The fraction of sp³-hybridized carbons (Fsp3) is 0.692. The summed E-state index contributed by atoms with van der Waals surface area (Å²) < 4.78 is 7.23. The van der Waals surface area contributed by atoms with Crippen molar-refractivity contribution in [2.45, 2.75) is 39.3 Å². The lowest BCUT2D eigenvalue weighted by Gasteiger charge is -2.13. The molecule has 1 N–H and O–H groups in total. The minimum Gasteiger partial charge on any atom is -0.377 e. The standard InChI is InChI=1S/C13H21N3O2/c1-10-8-11(2)16(13(17)15-10)6-5-14-9-12-4-3-7-18-12/h8,12,14H,3-7,9H2,1-2H3. The summed E-state index contributed by atoms with van der Waals surface area (Å²) in [5.41, 5.74) is 1.58. The molecule has 0 saturated carbocycles. The second-order valence-corrected chi connectivity index (χ2v) is 4.81. The van der Waals surface area contributed by atoms with E-state index in [0.29, 0.717) is 12.6 Å². The monoisotopic (exact) mass is 251 g/mol. The number of hydrogen-bond donors (Lipinski definition) is 1. The maximum Gasteiger partial charge on any atom is 0.347 e. The molecule has 1 unspecified atom stereocenters. The van der Waals surface area contributed by atoms with E-state index in [9.17, 15) is 4.79 Å². The average Bonchev–Trinajstić information content (AvgIpc) is 2.79. The molecule has 18 heavy (non-hydrogen) atoms. The van der Waals surface area contributed by atoms with Crippen LogP contribution in [0.1, 0.15) is 24.2 Å². The molecule has 1 aliphatic heterocycles. The van der Waals surface area contributed by atoms with Crippen LogP contribution in [0.15, 0.2) is 10.9 Å². The van der Waals surface area contributed by atoms with Crippen LogP contribution in [-0.4, -0.2) is 35.4 Å². The van der Waals surface area contributed by atoms with E-state index >= 15 is 0 Å². The molecule has 0 aromatic carbocycles. The predicted octanol–water partition coefficient (Wildman–Crippen LogP) is 0.629. The molecule has 2 heterocycles. The first-order valence-electron chi connectivity index (χ1n) is 6.54. The lowest BCUT2D eigenvalue weighted by molar-refractivity contribution is 0.110. The van der Waals surface area contributed by atoms with Gasteiger partial charge < -0.3 is 10.1 Å². The Morgan fingerprint density at radius 3 is 3.06 bits per heavy atom. The first-order valence-corrected chi connectivity index (χ1v) is 6.54. The minimum atomic E-state index is -0.161. The highest BCUT2D eigenvalue weighted by atomic mass is 16.5. The van der Waals surface area contributed by atoms with Crippen LogP contribution in [0.4, 0.5) is 0 Å². The molecule has 1 aromatic rings. The fourth-order valence-electron chi connectivity index (χ4n) is 2.31. The number of rotatable bonds is 5. The zero-order valence-electron chi connectivity index (χ0n) is 11.1. The number of aromatic nitrogens is 2. The molecule has 1 aromatic heterocycles. The average molecular weight is 251 g/mol. The Morgan fingerprint density at radius 1 is 1.56 bits per heavy atom. The zero-order chi connectivity index (χ0) is 13.0. The highest BCUT2D eigenvalue weighted by molar-refractivity contribution is 5.06. The van der Waals surface area contributed by atoms with Crippen molar-refractivity contribution in [3.8, 4) is 0 Å². The fourth-order valence-corrected chi connectivity index (χ4v) is 2.31. The van der Waals surface area contributed by atoms with E-state index in [-0.39, 0.29) is 5.69 Å². The van der Waals surface area contributed by atoms with Crippen LogP contribution in [0.3, 0.4) is 0 Å². The van der Waals surface area contributed by atoms with E-state index in [0.717, 1.165) is 43.9 Å². The number of nitrogens with zero attached hydrogens (tertiary/aromatic N) is 2. The molecule has 1 atom stereocenters. The van der Waals surface area contributed by atoms with Gasteiger partial charge in [0.15, 0.2) is 0 Å². The number of aryl methyl sites for hydroxylation is 2. The van der Waals surface area contributed by atoms with Crippen molar-refractivity contribution in [3.63, 3.8) is 0 Å². The van der Waals surface area contributed by atoms with E-state index in [1.807, 2.05) is 19.9 Å². The second kappa shape index (κ2) is 6.11. The van der Waals surface area contributed by atoms with Gasteiger partial charge in [-0.2, -0.15) is 4.98 Å². The molecule has 1 aliphatic rings. The molecular weight excluding hydrogens is 230 g/mol.